The highest BCUT2D eigenvalue weighted by atomic mass is 32.2. The summed E-state index contributed by atoms with van der Waals surface area (Å²) in [6, 6.07) is 6.86. The molecule has 0 aliphatic heterocycles. The van der Waals surface area contributed by atoms with E-state index in [9.17, 15) is 34.8 Å². The van der Waals surface area contributed by atoms with Crippen LogP contribution in [0.1, 0.15) is 21.7 Å². The molecule has 1 aromatic carbocycles. The third-order valence-corrected chi connectivity index (χ3v) is 6.85. The van der Waals surface area contributed by atoms with Gasteiger partial charge in [-0.2, -0.15) is 31.4 Å². The molecule has 6 nitrogen and oxygen atoms in total. The highest BCUT2D eigenvalue weighted by molar-refractivity contribution is 7.91. The number of imidazole rings is 1. The number of sulfonamides is 1. The molecule has 2 N–H and O–H groups in total. The van der Waals surface area contributed by atoms with Crippen molar-refractivity contribution in [3.63, 3.8) is 0 Å². The Hall–Kier alpha value is -3.41. The first kappa shape index (κ1) is 23.7. The minimum atomic E-state index is -4.83. The summed E-state index contributed by atoms with van der Waals surface area (Å²) < 4.78 is 103. The molecule has 0 fully saturated rings. The first-order valence-corrected chi connectivity index (χ1v) is 11.4. The van der Waals surface area contributed by atoms with E-state index in [1.165, 1.54) is 12.1 Å². The Morgan fingerprint density at radius 3 is 2.18 bits per heavy atom. The summed E-state index contributed by atoms with van der Waals surface area (Å²) in [5.74, 6) is 5.13. The Bertz CT molecular complexity index is 1560. The maximum Gasteiger partial charge on any atom is 0.420 e. The van der Waals surface area contributed by atoms with Crippen LogP contribution in [0.25, 0.3) is 16.9 Å². The fraction of sp³-hybridized carbons (Fsp3) is 0.100. The van der Waals surface area contributed by atoms with E-state index < -0.39 is 39.1 Å². The quantitative estimate of drug-likeness (QED) is 0.313. The summed E-state index contributed by atoms with van der Waals surface area (Å²) in [6.07, 6.45) is -8.30. The van der Waals surface area contributed by atoms with Crippen molar-refractivity contribution in [2.45, 2.75) is 16.6 Å². The summed E-state index contributed by atoms with van der Waals surface area (Å²) >= 11 is 0.779. The lowest BCUT2D eigenvalue weighted by Gasteiger charge is -2.11. The number of thiophene rings is 1. The van der Waals surface area contributed by atoms with Crippen LogP contribution >= 0.6 is 11.3 Å². The first-order chi connectivity index (χ1) is 15.7. The van der Waals surface area contributed by atoms with Gasteiger partial charge in [0, 0.05) is 5.56 Å². The number of primary sulfonamides is 1. The Morgan fingerprint density at radius 2 is 1.62 bits per heavy atom. The number of aromatic nitrogens is 3. The molecule has 0 aliphatic rings. The van der Waals surface area contributed by atoms with Gasteiger partial charge in [0.2, 0.25) is 10.0 Å². The molecule has 0 saturated carbocycles. The minimum absolute atomic E-state index is 0.0378. The Balaban J connectivity index is 1.77. The summed E-state index contributed by atoms with van der Waals surface area (Å²) in [5, 5.41) is 9.06. The second kappa shape index (κ2) is 8.12. The van der Waals surface area contributed by atoms with Crippen LogP contribution < -0.4 is 5.14 Å². The largest absolute Gasteiger partial charge is 0.420 e. The zero-order valence-corrected chi connectivity index (χ0v) is 18.1. The molecule has 4 aromatic rings. The molecule has 3 aromatic heterocycles. The average Bonchev–Trinajstić information content (AvgIpc) is 3.36. The number of rotatable bonds is 2. The third-order valence-electron chi connectivity index (χ3n) is 4.41. The SMILES string of the molecule is NS(=O)(=O)c1ccc(C#Cc2cn3nc(-c4ccc(C(F)(F)F)cc4)cc(C(F)(F)F)c3n2)s1. The van der Waals surface area contributed by atoms with Crippen molar-refractivity contribution in [3.8, 4) is 23.1 Å². The van der Waals surface area contributed by atoms with Crippen molar-refractivity contribution in [3.05, 3.63) is 70.4 Å². The molecule has 176 valence electrons. The number of nitrogens with two attached hydrogens (primary N) is 1. The van der Waals surface area contributed by atoms with Gasteiger partial charge in [0.25, 0.3) is 0 Å². The standard InChI is InChI=1S/C20H10F6N4O2S2/c21-19(22,23)12-3-1-11(2-4-12)16-9-15(20(24,25)26)18-28-13(10-30(18)29-16)5-6-14-7-8-17(33-14)34(27,31)32/h1-4,7-10H,(H2,27,31,32). The molecule has 0 amide bonds. The average molecular weight is 516 g/mol. The lowest BCUT2D eigenvalue weighted by Crippen LogP contribution is -2.10. The minimum Gasteiger partial charge on any atom is -0.224 e. The molecule has 0 atom stereocenters. The van der Waals surface area contributed by atoms with Gasteiger partial charge in [0.1, 0.15) is 15.5 Å². The number of halogens is 6. The fourth-order valence-electron chi connectivity index (χ4n) is 2.88. The second-order valence-corrected chi connectivity index (χ2v) is 9.70. The van der Waals surface area contributed by atoms with Crippen molar-refractivity contribution in [2.24, 2.45) is 5.14 Å². The van der Waals surface area contributed by atoms with E-state index in [-0.39, 0.29) is 26.0 Å². The Morgan fingerprint density at radius 1 is 0.941 bits per heavy atom. The molecular weight excluding hydrogens is 506 g/mol. The monoisotopic (exact) mass is 516 g/mol. The second-order valence-electron chi connectivity index (χ2n) is 6.82. The van der Waals surface area contributed by atoms with Crippen molar-refractivity contribution in [1.29, 1.82) is 0 Å². The highest BCUT2D eigenvalue weighted by Gasteiger charge is 2.35. The number of nitrogens with zero attached hydrogens (tertiary/aromatic N) is 3. The van der Waals surface area contributed by atoms with Crippen LogP contribution in [0.4, 0.5) is 26.3 Å². The van der Waals surface area contributed by atoms with Crippen LogP contribution in [0.5, 0.6) is 0 Å². The molecule has 3 heterocycles. The lowest BCUT2D eigenvalue weighted by atomic mass is 10.1. The van der Waals surface area contributed by atoms with Gasteiger partial charge in [0.15, 0.2) is 5.65 Å². The molecule has 0 aliphatic carbocycles. The normalized spacial score (nSPS) is 12.6. The maximum atomic E-state index is 13.7. The van der Waals surface area contributed by atoms with E-state index in [0.29, 0.717) is 6.07 Å². The van der Waals surface area contributed by atoms with Crippen LogP contribution in [0.3, 0.4) is 0 Å². The molecule has 0 saturated heterocycles. The van der Waals surface area contributed by atoms with Crippen LogP contribution in [0.15, 0.2) is 52.9 Å². The van der Waals surface area contributed by atoms with Crippen LogP contribution in [-0.4, -0.2) is 23.0 Å². The van der Waals surface area contributed by atoms with Gasteiger partial charge < -0.3 is 0 Å². The van der Waals surface area contributed by atoms with Crippen LogP contribution in [0.2, 0.25) is 0 Å². The van der Waals surface area contributed by atoms with Gasteiger partial charge in [-0.15, -0.1) is 11.3 Å². The Kier molecular flexibility index (Phi) is 5.67. The number of fused-ring (bicyclic) bond motifs is 1. The number of hydrogen-bond donors (Lipinski definition) is 1. The number of benzene rings is 1. The van der Waals surface area contributed by atoms with E-state index in [1.807, 2.05) is 0 Å². The summed E-state index contributed by atoms with van der Waals surface area (Å²) in [4.78, 5) is 4.14. The molecule has 4 rings (SSSR count). The van der Waals surface area contributed by atoms with Crippen LogP contribution in [-0.2, 0) is 22.4 Å². The van der Waals surface area contributed by atoms with Crippen molar-refractivity contribution in [1.82, 2.24) is 14.6 Å². The Labute approximate surface area is 191 Å². The smallest absolute Gasteiger partial charge is 0.224 e. The van der Waals surface area contributed by atoms with Gasteiger partial charge in [-0.1, -0.05) is 12.1 Å². The number of alkyl halides is 6. The maximum absolute atomic E-state index is 13.7. The van der Waals surface area contributed by atoms with Crippen molar-refractivity contribution in [2.75, 3.05) is 0 Å². The summed E-state index contributed by atoms with van der Waals surface area (Å²) in [6.45, 7) is 0. The fourth-order valence-corrected chi connectivity index (χ4v) is 4.47. The van der Waals surface area contributed by atoms with E-state index in [4.69, 9.17) is 5.14 Å². The zero-order chi connectivity index (χ0) is 24.9. The molecule has 0 bridgehead atoms. The third kappa shape index (κ3) is 4.91. The molecule has 14 heteroatoms. The van der Waals surface area contributed by atoms with Crippen molar-refractivity contribution < 1.29 is 34.8 Å². The van der Waals surface area contributed by atoms with E-state index in [2.05, 4.69) is 21.9 Å². The highest BCUT2D eigenvalue weighted by Crippen LogP contribution is 2.35. The van der Waals surface area contributed by atoms with E-state index in [1.54, 1.807) is 0 Å². The van der Waals surface area contributed by atoms with Gasteiger partial charge in [-0.3, -0.25) is 0 Å². The summed E-state index contributed by atoms with van der Waals surface area (Å²) in [7, 11) is -3.92. The molecule has 0 spiro atoms. The lowest BCUT2D eigenvalue weighted by molar-refractivity contribution is -0.138. The van der Waals surface area contributed by atoms with Crippen molar-refractivity contribution >= 4 is 27.0 Å². The first-order valence-electron chi connectivity index (χ1n) is 9.02. The zero-order valence-electron chi connectivity index (χ0n) is 16.4. The molecular formula is C20H10F6N4O2S2. The van der Waals surface area contributed by atoms with E-state index >= 15 is 0 Å². The van der Waals surface area contributed by atoms with Gasteiger partial charge >= 0.3 is 12.4 Å². The molecule has 0 unspecified atom stereocenters. The van der Waals surface area contributed by atoms with Gasteiger partial charge in [0.05, 0.1) is 22.3 Å². The topological polar surface area (TPSA) is 90.4 Å². The summed E-state index contributed by atoms with van der Waals surface area (Å²) in [5.41, 5.74) is -2.93. The number of hydrogen-bond acceptors (Lipinski definition) is 5. The molecule has 34 heavy (non-hydrogen) atoms. The van der Waals surface area contributed by atoms with Crippen LogP contribution in [0, 0.1) is 11.8 Å². The predicted molar refractivity (Wildman–Crippen MR) is 110 cm³/mol. The van der Waals surface area contributed by atoms with E-state index in [0.717, 1.165) is 46.3 Å². The predicted octanol–water partition coefficient (Wildman–Crippen LogP) is 4.54. The van der Waals surface area contributed by atoms with Gasteiger partial charge in [-0.25, -0.2) is 23.1 Å². The molecule has 0 radical (unpaired) electrons. The van der Waals surface area contributed by atoms with Gasteiger partial charge in [-0.05, 0) is 42.2 Å².